The third-order valence-electron chi connectivity index (χ3n) is 4.93. The second-order valence-electron chi connectivity index (χ2n) is 7.68. The number of amides is 1. The van der Waals surface area contributed by atoms with Gasteiger partial charge in [0.2, 0.25) is 0 Å². The summed E-state index contributed by atoms with van der Waals surface area (Å²) in [7, 11) is 0. The SMILES string of the molecule is CC(C)c1cccc(C(C)C)c1NC(=O)COC(=O)CC1CCCC1. The average Bonchev–Trinajstić information content (AvgIpc) is 3.05. The van der Waals surface area contributed by atoms with Crippen LogP contribution in [0.2, 0.25) is 0 Å². The Morgan fingerprint density at radius 3 is 2.16 bits per heavy atom. The maximum Gasteiger partial charge on any atom is 0.306 e. The number of hydrogen-bond acceptors (Lipinski definition) is 3. The van der Waals surface area contributed by atoms with Gasteiger partial charge < -0.3 is 10.1 Å². The highest BCUT2D eigenvalue weighted by atomic mass is 16.5. The molecule has 4 heteroatoms. The Kier molecular flexibility index (Phi) is 7.03. The van der Waals surface area contributed by atoms with Gasteiger partial charge in [0, 0.05) is 12.1 Å². The molecule has 25 heavy (non-hydrogen) atoms. The van der Waals surface area contributed by atoms with Crippen molar-refractivity contribution in [2.24, 2.45) is 5.92 Å². The van der Waals surface area contributed by atoms with Crippen LogP contribution in [-0.2, 0) is 14.3 Å². The summed E-state index contributed by atoms with van der Waals surface area (Å²) in [4.78, 5) is 24.2. The van der Waals surface area contributed by atoms with Crippen molar-refractivity contribution in [1.82, 2.24) is 0 Å². The molecule has 0 bridgehead atoms. The molecule has 1 fully saturated rings. The van der Waals surface area contributed by atoms with E-state index in [1.165, 1.54) is 12.8 Å². The Hall–Kier alpha value is -1.84. The Morgan fingerprint density at radius 2 is 1.64 bits per heavy atom. The van der Waals surface area contributed by atoms with E-state index < -0.39 is 0 Å². The molecule has 0 aromatic heterocycles. The number of ether oxygens (including phenoxy) is 1. The average molecular weight is 345 g/mol. The lowest BCUT2D eigenvalue weighted by atomic mass is 9.92. The smallest absolute Gasteiger partial charge is 0.306 e. The Morgan fingerprint density at radius 1 is 1.08 bits per heavy atom. The number of esters is 1. The second kappa shape index (κ2) is 9.02. The first-order valence-electron chi connectivity index (χ1n) is 9.46. The molecule has 0 spiro atoms. The zero-order valence-corrected chi connectivity index (χ0v) is 15.9. The minimum absolute atomic E-state index is 0.213. The maximum atomic E-state index is 12.3. The van der Waals surface area contributed by atoms with Gasteiger partial charge >= 0.3 is 5.97 Å². The molecule has 1 amide bonds. The molecular formula is C21H31NO3. The predicted octanol–water partition coefficient (Wildman–Crippen LogP) is 5.00. The van der Waals surface area contributed by atoms with Crippen molar-refractivity contribution in [2.75, 3.05) is 11.9 Å². The van der Waals surface area contributed by atoms with Crippen LogP contribution in [0.25, 0.3) is 0 Å². The number of rotatable bonds is 7. The number of benzene rings is 1. The molecule has 0 saturated heterocycles. The van der Waals surface area contributed by atoms with Gasteiger partial charge in [-0.15, -0.1) is 0 Å². The lowest BCUT2D eigenvalue weighted by Crippen LogP contribution is -2.23. The molecule has 1 N–H and O–H groups in total. The zero-order valence-electron chi connectivity index (χ0n) is 15.9. The fourth-order valence-corrected chi connectivity index (χ4v) is 3.53. The summed E-state index contributed by atoms with van der Waals surface area (Å²) < 4.78 is 5.19. The van der Waals surface area contributed by atoms with Crippen LogP contribution in [0.1, 0.15) is 82.8 Å². The molecule has 1 saturated carbocycles. The minimum atomic E-state index is -0.269. The summed E-state index contributed by atoms with van der Waals surface area (Å²) in [5, 5.41) is 2.97. The standard InChI is InChI=1S/C21H31NO3/c1-14(2)17-10-7-11-18(15(3)4)21(17)22-19(23)13-25-20(24)12-16-8-5-6-9-16/h7,10-11,14-16H,5-6,8-9,12-13H2,1-4H3,(H,22,23). The highest BCUT2D eigenvalue weighted by molar-refractivity contribution is 5.94. The highest BCUT2D eigenvalue weighted by Crippen LogP contribution is 2.32. The van der Waals surface area contributed by atoms with E-state index in [-0.39, 0.29) is 18.5 Å². The number of anilines is 1. The van der Waals surface area contributed by atoms with Gasteiger partial charge in [-0.25, -0.2) is 0 Å². The van der Waals surface area contributed by atoms with Crippen molar-refractivity contribution >= 4 is 17.6 Å². The summed E-state index contributed by atoms with van der Waals surface area (Å²) in [6.45, 7) is 8.22. The van der Waals surface area contributed by atoms with Crippen LogP contribution in [0.4, 0.5) is 5.69 Å². The summed E-state index contributed by atoms with van der Waals surface area (Å²) in [5.41, 5.74) is 3.08. The molecule has 1 aromatic rings. The van der Waals surface area contributed by atoms with E-state index in [0.717, 1.165) is 29.7 Å². The highest BCUT2D eigenvalue weighted by Gasteiger charge is 2.20. The van der Waals surface area contributed by atoms with Crippen LogP contribution in [-0.4, -0.2) is 18.5 Å². The van der Waals surface area contributed by atoms with Crippen LogP contribution < -0.4 is 5.32 Å². The molecule has 0 radical (unpaired) electrons. The number of para-hydroxylation sites is 1. The first-order valence-corrected chi connectivity index (χ1v) is 9.46. The summed E-state index contributed by atoms with van der Waals surface area (Å²) in [6, 6.07) is 6.11. The lowest BCUT2D eigenvalue weighted by Gasteiger charge is -2.20. The van der Waals surface area contributed by atoms with E-state index >= 15 is 0 Å². The van der Waals surface area contributed by atoms with E-state index in [0.29, 0.717) is 24.2 Å². The van der Waals surface area contributed by atoms with E-state index in [9.17, 15) is 9.59 Å². The third kappa shape index (κ3) is 5.58. The van der Waals surface area contributed by atoms with Gasteiger partial charge in [-0.05, 0) is 41.7 Å². The fraction of sp³-hybridized carbons (Fsp3) is 0.619. The number of nitrogens with one attached hydrogen (secondary N) is 1. The van der Waals surface area contributed by atoms with Crippen molar-refractivity contribution in [3.8, 4) is 0 Å². The molecule has 0 atom stereocenters. The van der Waals surface area contributed by atoms with Gasteiger partial charge in [0.25, 0.3) is 5.91 Å². The summed E-state index contributed by atoms with van der Waals surface area (Å²) in [5.74, 6) is 0.514. The number of hydrogen-bond donors (Lipinski definition) is 1. The van der Waals surface area contributed by atoms with Crippen molar-refractivity contribution in [3.05, 3.63) is 29.3 Å². The second-order valence-corrected chi connectivity index (χ2v) is 7.68. The van der Waals surface area contributed by atoms with Crippen molar-refractivity contribution in [1.29, 1.82) is 0 Å². The van der Waals surface area contributed by atoms with E-state index in [2.05, 4.69) is 33.0 Å². The molecule has 4 nitrogen and oxygen atoms in total. The van der Waals surface area contributed by atoms with Gasteiger partial charge in [-0.3, -0.25) is 9.59 Å². The molecule has 0 aliphatic heterocycles. The van der Waals surface area contributed by atoms with Gasteiger partial charge in [0.15, 0.2) is 6.61 Å². The summed E-state index contributed by atoms with van der Waals surface area (Å²) in [6.07, 6.45) is 5.03. The molecule has 2 rings (SSSR count). The molecule has 0 heterocycles. The minimum Gasteiger partial charge on any atom is -0.456 e. The van der Waals surface area contributed by atoms with Crippen molar-refractivity contribution in [3.63, 3.8) is 0 Å². The zero-order chi connectivity index (χ0) is 18.4. The first-order chi connectivity index (χ1) is 11.9. The predicted molar refractivity (Wildman–Crippen MR) is 101 cm³/mol. The molecule has 1 aromatic carbocycles. The summed E-state index contributed by atoms with van der Waals surface area (Å²) >= 11 is 0. The number of carbonyl (C=O) groups is 2. The van der Waals surface area contributed by atoms with Crippen LogP contribution in [0.15, 0.2) is 18.2 Å². The van der Waals surface area contributed by atoms with Gasteiger partial charge in [0.05, 0.1) is 0 Å². The Balaban J connectivity index is 1.96. The van der Waals surface area contributed by atoms with E-state index in [4.69, 9.17) is 4.74 Å². The fourth-order valence-electron chi connectivity index (χ4n) is 3.53. The largest absolute Gasteiger partial charge is 0.456 e. The number of carbonyl (C=O) groups excluding carboxylic acids is 2. The van der Waals surface area contributed by atoms with E-state index in [1.54, 1.807) is 0 Å². The van der Waals surface area contributed by atoms with Crippen LogP contribution in [0.3, 0.4) is 0 Å². The first kappa shape index (κ1) is 19.5. The van der Waals surface area contributed by atoms with Crippen LogP contribution in [0.5, 0.6) is 0 Å². The third-order valence-corrected chi connectivity index (χ3v) is 4.93. The van der Waals surface area contributed by atoms with Gasteiger partial charge in [0.1, 0.15) is 0 Å². The van der Waals surface area contributed by atoms with Crippen LogP contribution in [0, 0.1) is 5.92 Å². The monoisotopic (exact) mass is 345 g/mol. The van der Waals surface area contributed by atoms with Crippen molar-refractivity contribution < 1.29 is 14.3 Å². The molecule has 1 aliphatic rings. The van der Waals surface area contributed by atoms with E-state index in [1.807, 2.05) is 18.2 Å². The molecule has 1 aliphatic carbocycles. The Labute approximate surface area is 151 Å². The van der Waals surface area contributed by atoms with Crippen molar-refractivity contribution in [2.45, 2.75) is 71.6 Å². The topological polar surface area (TPSA) is 55.4 Å². The lowest BCUT2D eigenvalue weighted by molar-refractivity contribution is -0.148. The normalized spacial score (nSPS) is 15.0. The maximum absolute atomic E-state index is 12.3. The van der Waals surface area contributed by atoms with Gasteiger partial charge in [-0.2, -0.15) is 0 Å². The van der Waals surface area contributed by atoms with Gasteiger partial charge in [-0.1, -0.05) is 58.7 Å². The quantitative estimate of drug-likeness (QED) is 0.708. The Bertz CT molecular complexity index is 575. The van der Waals surface area contributed by atoms with Crippen LogP contribution >= 0.6 is 0 Å². The molecular weight excluding hydrogens is 314 g/mol. The molecule has 0 unspecified atom stereocenters. The molecule has 138 valence electrons.